The van der Waals surface area contributed by atoms with Crippen LogP contribution in [0, 0.1) is 0 Å². The van der Waals surface area contributed by atoms with Gasteiger partial charge >= 0.3 is 0 Å². The van der Waals surface area contributed by atoms with Gasteiger partial charge in [0.2, 0.25) is 0 Å². The maximum Gasteiger partial charge on any atom is 0.160 e. The van der Waals surface area contributed by atoms with Gasteiger partial charge in [-0.1, -0.05) is 113 Å². The van der Waals surface area contributed by atoms with E-state index in [0.29, 0.717) is 5.82 Å². The second-order valence-electron chi connectivity index (χ2n) is 9.27. The quantitative estimate of drug-likeness (QED) is 0.206. The molecule has 0 saturated carbocycles. The average Bonchev–Trinajstić information content (AvgIpc) is 3.00. The molecule has 0 amide bonds. The molecule has 2 heterocycles. The highest BCUT2D eigenvalue weighted by Crippen LogP contribution is 2.51. The van der Waals surface area contributed by atoms with Crippen molar-refractivity contribution in [2.75, 3.05) is 4.90 Å². The van der Waals surface area contributed by atoms with Gasteiger partial charge < -0.3 is 4.90 Å². The molecule has 1 aromatic heterocycles. The van der Waals surface area contributed by atoms with Crippen LogP contribution in [-0.4, -0.2) is 9.97 Å². The fraction of sp³-hybridized carbons (Fsp3) is 0. The molecule has 39 heavy (non-hydrogen) atoms. The van der Waals surface area contributed by atoms with Crippen LogP contribution in [0.3, 0.4) is 0 Å². The van der Waals surface area contributed by atoms with Crippen molar-refractivity contribution in [1.82, 2.24) is 9.97 Å². The fourth-order valence-electron chi connectivity index (χ4n) is 4.91. The molecule has 0 atom stereocenters. The Bertz CT molecular complexity index is 1700. The van der Waals surface area contributed by atoms with E-state index in [-0.39, 0.29) is 0 Å². The van der Waals surface area contributed by atoms with E-state index in [1.54, 1.807) is 11.8 Å². The summed E-state index contributed by atoms with van der Waals surface area (Å²) < 4.78 is 0.971. The Morgan fingerprint density at radius 2 is 1.03 bits per heavy atom. The Morgan fingerprint density at radius 1 is 0.513 bits per heavy atom. The van der Waals surface area contributed by atoms with Crippen LogP contribution in [0.5, 0.6) is 0 Å². The number of nitrogens with zero attached hydrogens (tertiary/aromatic N) is 3. The molecule has 7 rings (SSSR count). The fourth-order valence-corrected chi connectivity index (χ4v) is 6.44. The van der Waals surface area contributed by atoms with E-state index in [4.69, 9.17) is 9.97 Å². The topological polar surface area (TPSA) is 29.0 Å². The predicted molar refractivity (Wildman–Crippen MR) is 165 cm³/mol. The molecule has 0 bridgehead atoms. The summed E-state index contributed by atoms with van der Waals surface area (Å²) >= 11 is 5.60. The minimum absolute atomic E-state index is 0.686. The monoisotopic (exact) mass is 583 g/mol. The van der Waals surface area contributed by atoms with Gasteiger partial charge in [0.15, 0.2) is 5.82 Å². The zero-order valence-corrected chi connectivity index (χ0v) is 23.2. The minimum Gasteiger partial charge on any atom is -0.308 e. The van der Waals surface area contributed by atoms with Crippen LogP contribution in [0.15, 0.2) is 148 Å². The molecule has 1 aliphatic rings. The lowest BCUT2D eigenvalue weighted by Crippen LogP contribution is -2.14. The molecule has 0 N–H and O–H groups in total. The Hall–Kier alpha value is -4.19. The van der Waals surface area contributed by atoms with E-state index in [0.717, 1.165) is 49.6 Å². The van der Waals surface area contributed by atoms with Crippen LogP contribution in [0.25, 0.3) is 33.9 Å². The maximum atomic E-state index is 5.06. The highest BCUT2D eigenvalue weighted by Gasteiger charge is 2.25. The van der Waals surface area contributed by atoms with E-state index < -0.39 is 0 Å². The Kier molecular flexibility index (Phi) is 6.23. The number of hydrogen-bond acceptors (Lipinski definition) is 4. The summed E-state index contributed by atoms with van der Waals surface area (Å²) in [7, 11) is 0. The summed E-state index contributed by atoms with van der Waals surface area (Å²) in [5, 5.41) is 0. The summed E-state index contributed by atoms with van der Waals surface area (Å²) in [6.07, 6.45) is 0. The van der Waals surface area contributed by atoms with Crippen LogP contribution in [0.1, 0.15) is 0 Å². The first kappa shape index (κ1) is 23.9. The molecule has 0 fully saturated rings. The van der Waals surface area contributed by atoms with Crippen molar-refractivity contribution in [2.45, 2.75) is 9.79 Å². The third kappa shape index (κ3) is 4.65. The van der Waals surface area contributed by atoms with Crippen LogP contribution in [-0.2, 0) is 0 Å². The lowest BCUT2D eigenvalue weighted by atomic mass is 10.1. The van der Waals surface area contributed by atoms with Gasteiger partial charge in [-0.2, -0.15) is 0 Å². The van der Waals surface area contributed by atoms with Gasteiger partial charge in [0.1, 0.15) is 0 Å². The Balaban J connectivity index is 1.42. The van der Waals surface area contributed by atoms with Gasteiger partial charge in [-0.3, -0.25) is 0 Å². The molecule has 5 heteroatoms. The molecule has 0 saturated heterocycles. The third-order valence-corrected chi connectivity index (χ3v) is 8.28. The molecular weight excluding hydrogens is 562 g/mol. The van der Waals surface area contributed by atoms with Gasteiger partial charge in [0.25, 0.3) is 0 Å². The van der Waals surface area contributed by atoms with Crippen LogP contribution in [0.2, 0.25) is 0 Å². The Labute approximate surface area is 240 Å². The number of hydrogen-bond donors (Lipinski definition) is 0. The van der Waals surface area contributed by atoms with Gasteiger partial charge in [-0.25, -0.2) is 9.97 Å². The van der Waals surface area contributed by atoms with E-state index in [1.807, 2.05) is 36.4 Å². The number of aromatic nitrogens is 2. The van der Waals surface area contributed by atoms with Crippen LogP contribution >= 0.6 is 27.7 Å². The van der Waals surface area contributed by atoms with Gasteiger partial charge in [-0.05, 0) is 48.5 Å². The summed E-state index contributed by atoms with van der Waals surface area (Å²) in [6.45, 7) is 0. The van der Waals surface area contributed by atoms with Gasteiger partial charge in [-0.15, -0.1) is 0 Å². The zero-order valence-electron chi connectivity index (χ0n) is 20.8. The number of fused-ring (bicyclic) bond motifs is 2. The average molecular weight is 585 g/mol. The second kappa shape index (κ2) is 10.2. The maximum absolute atomic E-state index is 5.06. The summed E-state index contributed by atoms with van der Waals surface area (Å²) in [6, 6.07) is 46.2. The molecule has 3 nitrogen and oxygen atoms in total. The van der Waals surface area contributed by atoms with Crippen molar-refractivity contribution in [3.05, 3.63) is 138 Å². The lowest BCUT2D eigenvalue weighted by Gasteiger charge is -2.33. The van der Waals surface area contributed by atoms with Crippen molar-refractivity contribution >= 4 is 44.8 Å². The molecule has 0 unspecified atom stereocenters. The molecule has 0 aliphatic carbocycles. The zero-order chi connectivity index (χ0) is 26.2. The van der Waals surface area contributed by atoms with Crippen molar-refractivity contribution < 1.29 is 0 Å². The van der Waals surface area contributed by atoms with E-state index >= 15 is 0 Å². The highest BCUT2D eigenvalue weighted by atomic mass is 79.9. The van der Waals surface area contributed by atoms with Crippen LogP contribution < -0.4 is 4.90 Å². The molecule has 0 radical (unpaired) electrons. The molecule has 0 spiro atoms. The normalized spacial score (nSPS) is 12.1. The highest BCUT2D eigenvalue weighted by molar-refractivity contribution is 9.10. The number of halogens is 1. The number of rotatable bonds is 4. The molecule has 186 valence electrons. The summed E-state index contributed by atoms with van der Waals surface area (Å²) in [5.41, 5.74) is 8.23. The summed E-state index contributed by atoms with van der Waals surface area (Å²) in [5.74, 6) is 0.686. The molecule has 5 aromatic carbocycles. The van der Waals surface area contributed by atoms with E-state index in [2.05, 4.69) is 118 Å². The molecular formula is C34H22BrN3S. The van der Waals surface area contributed by atoms with Crippen molar-refractivity contribution in [3.63, 3.8) is 0 Å². The number of benzene rings is 5. The Morgan fingerprint density at radius 3 is 1.59 bits per heavy atom. The van der Waals surface area contributed by atoms with Crippen molar-refractivity contribution in [1.29, 1.82) is 0 Å². The third-order valence-electron chi connectivity index (χ3n) is 6.70. The molecule has 6 aromatic rings. The van der Waals surface area contributed by atoms with Gasteiger partial charge in [0.05, 0.1) is 22.8 Å². The number of anilines is 3. The standard InChI is InChI=1S/C34H22BrN3S/c35-26-19-25(20-27(21-26)38-30-15-7-9-17-32(30)39-33-18-10-8-16-31(33)38)34-36-28(23-11-3-1-4-12-23)22-29(37-34)24-13-5-2-6-14-24/h1-22H. The van der Waals surface area contributed by atoms with Crippen LogP contribution in [0.4, 0.5) is 17.1 Å². The summed E-state index contributed by atoms with van der Waals surface area (Å²) in [4.78, 5) is 14.9. The first-order valence-corrected chi connectivity index (χ1v) is 14.3. The smallest absolute Gasteiger partial charge is 0.160 e. The lowest BCUT2D eigenvalue weighted by molar-refractivity contribution is 1.15. The second-order valence-corrected chi connectivity index (χ2v) is 11.3. The predicted octanol–water partition coefficient (Wildman–Crippen LogP) is 10.2. The van der Waals surface area contributed by atoms with E-state index in [9.17, 15) is 0 Å². The van der Waals surface area contributed by atoms with Crippen molar-refractivity contribution in [3.8, 4) is 33.9 Å². The van der Waals surface area contributed by atoms with Gasteiger partial charge in [0, 0.05) is 36.6 Å². The first-order chi connectivity index (χ1) is 19.2. The first-order valence-electron chi connectivity index (χ1n) is 12.7. The van der Waals surface area contributed by atoms with Crippen molar-refractivity contribution in [2.24, 2.45) is 0 Å². The number of para-hydroxylation sites is 2. The largest absolute Gasteiger partial charge is 0.308 e. The minimum atomic E-state index is 0.686. The SMILES string of the molecule is Brc1cc(-c2nc(-c3ccccc3)cc(-c3ccccc3)n2)cc(N2c3ccccc3Sc3ccccc32)c1. The van der Waals surface area contributed by atoms with E-state index in [1.165, 1.54) is 9.79 Å². The molecule has 1 aliphatic heterocycles.